The van der Waals surface area contributed by atoms with Crippen LogP contribution in [-0.2, 0) is 6.42 Å². The average molecular weight is 347 g/mol. The Morgan fingerprint density at radius 3 is 2.65 bits per heavy atom. The molecule has 2 heterocycles. The molecule has 2 aromatic carbocycles. The minimum atomic E-state index is 0.360. The van der Waals surface area contributed by atoms with Gasteiger partial charge in [0.05, 0.1) is 5.92 Å². The third-order valence-electron chi connectivity index (χ3n) is 5.14. The van der Waals surface area contributed by atoms with Gasteiger partial charge in [-0.2, -0.15) is 0 Å². The van der Waals surface area contributed by atoms with Crippen LogP contribution in [0.3, 0.4) is 0 Å². The summed E-state index contributed by atoms with van der Waals surface area (Å²) in [4.78, 5) is 2.52. The van der Waals surface area contributed by atoms with Crippen molar-refractivity contribution in [2.45, 2.75) is 32.1 Å². The molecule has 0 amide bonds. The van der Waals surface area contributed by atoms with E-state index in [1.165, 1.54) is 17.5 Å². The molecule has 0 bridgehead atoms. The van der Waals surface area contributed by atoms with Crippen molar-refractivity contribution in [3.8, 4) is 11.5 Å². The standard InChI is InChI=1S/C22H25N3O/c1-17-9-11-19(12-10-17)21-23-24-22(26-21)20-13-15-25(16-20)14-5-8-18-6-3-2-4-7-18/h2-4,6-7,9-12,20H,5,8,13-16H2,1H3/t20-/m0/s1. The van der Waals surface area contributed by atoms with E-state index in [0.29, 0.717) is 11.8 Å². The SMILES string of the molecule is Cc1ccc(-c2nnc([C@H]3CCN(CCCc4ccccc4)C3)o2)cc1. The molecule has 1 aliphatic rings. The summed E-state index contributed by atoms with van der Waals surface area (Å²) < 4.78 is 5.97. The fourth-order valence-corrected chi connectivity index (χ4v) is 3.60. The lowest BCUT2D eigenvalue weighted by Crippen LogP contribution is -2.22. The summed E-state index contributed by atoms with van der Waals surface area (Å²) in [6, 6.07) is 18.9. The largest absolute Gasteiger partial charge is 0.420 e. The van der Waals surface area contributed by atoms with Crippen molar-refractivity contribution in [2.75, 3.05) is 19.6 Å². The van der Waals surface area contributed by atoms with Crippen LogP contribution in [0.2, 0.25) is 0 Å². The van der Waals surface area contributed by atoms with Gasteiger partial charge in [0.2, 0.25) is 11.8 Å². The Kier molecular flexibility index (Phi) is 5.12. The first-order valence-corrected chi connectivity index (χ1v) is 9.44. The molecule has 0 N–H and O–H groups in total. The molecule has 1 aromatic heterocycles. The summed E-state index contributed by atoms with van der Waals surface area (Å²) in [5, 5.41) is 8.57. The second-order valence-corrected chi connectivity index (χ2v) is 7.19. The molecular formula is C22H25N3O. The molecular weight excluding hydrogens is 322 g/mol. The number of likely N-dealkylation sites (tertiary alicyclic amines) is 1. The smallest absolute Gasteiger partial charge is 0.247 e. The Bertz CT molecular complexity index is 826. The van der Waals surface area contributed by atoms with Crippen LogP contribution >= 0.6 is 0 Å². The molecule has 26 heavy (non-hydrogen) atoms. The van der Waals surface area contributed by atoms with Crippen molar-refractivity contribution in [1.82, 2.24) is 15.1 Å². The fraction of sp³-hybridized carbons (Fsp3) is 0.364. The molecule has 0 radical (unpaired) electrons. The lowest BCUT2D eigenvalue weighted by atomic mass is 10.1. The summed E-state index contributed by atoms with van der Waals surface area (Å²) in [5.41, 5.74) is 3.64. The molecule has 0 unspecified atom stereocenters. The van der Waals surface area contributed by atoms with Crippen molar-refractivity contribution in [3.05, 3.63) is 71.6 Å². The van der Waals surface area contributed by atoms with Crippen LogP contribution in [0, 0.1) is 6.92 Å². The Labute approximate surface area is 154 Å². The molecule has 3 aromatic rings. The van der Waals surface area contributed by atoms with Crippen molar-refractivity contribution < 1.29 is 4.42 Å². The van der Waals surface area contributed by atoms with E-state index in [0.717, 1.165) is 43.9 Å². The molecule has 1 atom stereocenters. The number of benzene rings is 2. The lowest BCUT2D eigenvalue weighted by Gasteiger charge is -2.14. The zero-order valence-corrected chi connectivity index (χ0v) is 15.3. The van der Waals surface area contributed by atoms with E-state index < -0.39 is 0 Å². The quantitative estimate of drug-likeness (QED) is 0.660. The third-order valence-corrected chi connectivity index (χ3v) is 5.14. The van der Waals surface area contributed by atoms with Gasteiger partial charge in [0.15, 0.2) is 0 Å². The predicted octanol–water partition coefficient (Wildman–Crippen LogP) is 4.47. The molecule has 1 saturated heterocycles. The van der Waals surface area contributed by atoms with E-state index in [2.05, 4.69) is 64.5 Å². The van der Waals surface area contributed by atoms with E-state index in [1.807, 2.05) is 12.1 Å². The van der Waals surface area contributed by atoms with E-state index in [4.69, 9.17) is 4.42 Å². The van der Waals surface area contributed by atoms with Gasteiger partial charge in [-0.05, 0) is 57.0 Å². The zero-order valence-electron chi connectivity index (χ0n) is 15.3. The van der Waals surface area contributed by atoms with Gasteiger partial charge in [0, 0.05) is 12.1 Å². The Morgan fingerprint density at radius 1 is 1.04 bits per heavy atom. The molecule has 0 saturated carbocycles. The van der Waals surface area contributed by atoms with Crippen LogP contribution in [0.25, 0.3) is 11.5 Å². The van der Waals surface area contributed by atoms with Crippen molar-refractivity contribution in [2.24, 2.45) is 0 Å². The Morgan fingerprint density at radius 2 is 1.85 bits per heavy atom. The second-order valence-electron chi connectivity index (χ2n) is 7.19. The van der Waals surface area contributed by atoms with Gasteiger partial charge >= 0.3 is 0 Å². The maximum atomic E-state index is 5.97. The number of hydrogen-bond acceptors (Lipinski definition) is 4. The third kappa shape index (κ3) is 4.02. The van der Waals surface area contributed by atoms with Gasteiger partial charge in [-0.25, -0.2) is 0 Å². The molecule has 4 nitrogen and oxygen atoms in total. The molecule has 1 fully saturated rings. The first-order chi connectivity index (χ1) is 12.8. The van der Waals surface area contributed by atoms with Crippen molar-refractivity contribution in [3.63, 3.8) is 0 Å². The topological polar surface area (TPSA) is 42.2 Å². The average Bonchev–Trinajstić information content (AvgIpc) is 3.33. The molecule has 134 valence electrons. The van der Waals surface area contributed by atoms with Gasteiger partial charge in [0.25, 0.3) is 0 Å². The molecule has 4 rings (SSSR count). The van der Waals surface area contributed by atoms with E-state index in [9.17, 15) is 0 Å². The highest BCUT2D eigenvalue weighted by molar-refractivity contribution is 5.52. The summed E-state index contributed by atoms with van der Waals surface area (Å²) in [6.07, 6.45) is 3.43. The van der Waals surface area contributed by atoms with Crippen LogP contribution in [-0.4, -0.2) is 34.7 Å². The van der Waals surface area contributed by atoms with Crippen LogP contribution in [0.4, 0.5) is 0 Å². The first kappa shape index (κ1) is 17.0. The number of rotatable bonds is 6. The predicted molar refractivity (Wildman–Crippen MR) is 103 cm³/mol. The van der Waals surface area contributed by atoms with Gasteiger partial charge in [0.1, 0.15) is 0 Å². The summed E-state index contributed by atoms with van der Waals surface area (Å²) in [7, 11) is 0. The highest BCUT2D eigenvalue weighted by Gasteiger charge is 2.28. The first-order valence-electron chi connectivity index (χ1n) is 9.44. The van der Waals surface area contributed by atoms with E-state index >= 15 is 0 Å². The van der Waals surface area contributed by atoms with E-state index in [1.54, 1.807) is 0 Å². The number of nitrogens with zero attached hydrogens (tertiary/aromatic N) is 3. The van der Waals surface area contributed by atoms with E-state index in [-0.39, 0.29) is 0 Å². The number of aryl methyl sites for hydroxylation is 2. The van der Waals surface area contributed by atoms with Crippen molar-refractivity contribution >= 4 is 0 Å². The lowest BCUT2D eigenvalue weighted by molar-refractivity contribution is 0.323. The van der Waals surface area contributed by atoms with Crippen LogP contribution in [0.5, 0.6) is 0 Å². The van der Waals surface area contributed by atoms with Crippen LogP contribution in [0.1, 0.15) is 35.8 Å². The summed E-state index contributed by atoms with van der Waals surface area (Å²) in [6.45, 7) is 5.34. The Hall–Kier alpha value is -2.46. The molecule has 4 heteroatoms. The molecule has 1 aliphatic heterocycles. The minimum Gasteiger partial charge on any atom is -0.420 e. The van der Waals surface area contributed by atoms with Crippen LogP contribution < -0.4 is 0 Å². The normalized spacial score (nSPS) is 17.7. The number of hydrogen-bond donors (Lipinski definition) is 0. The summed E-state index contributed by atoms with van der Waals surface area (Å²) in [5.74, 6) is 1.77. The monoisotopic (exact) mass is 347 g/mol. The van der Waals surface area contributed by atoms with Gasteiger partial charge in [-0.15, -0.1) is 10.2 Å². The molecule has 0 aliphatic carbocycles. The fourth-order valence-electron chi connectivity index (χ4n) is 3.60. The number of aromatic nitrogens is 2. The van der Waals surface area contributed by atoms with Gasteiger partial charge < -0.3 is 9.32 Å². The maximum Gasteiger partial charge on any atom is 0.247 e. The second kappa shape index (κ2) is 7.83. The van der Waals surface area contributed by atoms with Gasteiger partial charge in [-0.1, -0.05) is 48.0 Å². The van der Waals surface area contributed by atoms with Gasteiger partial charge in [-0.3, -0.25) is 0 Å². The Balaban J connectivity index is 1.30. The highest BCUT2D eigenvalue weighted by atomic mass is 16.4. The summed E-state index contributed by atoms with van der Waals surface area (Å²) >= 11 is 0. The zero-order chi connectivity index (χ0) is 17.8. The maximum absolute atomic E-state index is 5.97. The minimum absolute atomic E-state index is 0.360. The van der Waals surface area contributed by atoms with Crippen LogP contribution in [0.15, 0.2) is 59.0 Å². The molecule has 0 spiro atoms. The highest BCUT2D eigenvalue weighted by Crippen LogP contribution is 2.28. The van der Waals surface area contributed by atoms with Crippen molar-refractivity contribution in [1.29, 1.82) is 0 Å².